The lowest BCUT2D eigenvalue weighted by Crippen LogP contribution is -2.49. The van der Waals surface area contributed by atoms with Crippen LogP contribution in [-0.2, 0) is 26.2 Å². The van der Waals surface area contributed by atoms with Gasteiger partial charge in [0.15, 0.2) is 0 Å². The molecule has 0 bridgehead atoms. The van der Waals surface area contributed by atoms with E-state index in [9.17, 15) is 18.0 Å². The average Bonchev–Trinajstić information content (AvgIpc) is 2.82. The second-order valence-corrected chi connectivity index (χ2v) is 12.2. The zero-order chi connectivity index (χ0) is 27.8. The number of carbonyl (C=O) groups is 2. The monoisotopic (exact) mass is 549 g/mol. The first kappa shape index (κ1) is 30.6. The van der Waals surface area contributed by atoms with Gasteiger partial charge < -0.3 is 10.2 Å². The van der Waals surface area contributed by atoms with Crippen LogP contribution in [0.5, 0.6) is 0 Å². The number of anilines is 1. The van der Waals surface area contributed by atoms with Crippen LogP contribution in [0.3, 0.4) is 0 Å². The summed E-state index contributed by atoms with van der Waals surface area (Å²) in [7, 11) is -3.55. The molecular formula is C28H40ClN3O4S. The van der Waals surface area contributed by atoms with Crippen molar-refractivity contribution in [1.82, 2.24) is 10.2 Å². The minimum atomic E-state index is -3.55. The number of benzene rings is 2. The standard InChI is InChI=1S/C28H40ClN3O4S/c1-7-25(28(34)30-18-20(2)3)31(19-23-13-15-24(29)16-14-23)27(33)12-9-17-32(37(6,35)36)26-11-8-10-21(4)22(26)5/h8,10-11,13-16,20,25H,7,9,12,17-19H2,1-6H3,(H,30,34)/t25-/m1/s1. The Labute approximate surface area is 227 Å². The average molecular weight is 550 g/mol. The van der Waals surface area contributed by atoms with Gasteiger partial charge in [-0.3, -0.25) is 13.9 Å². The molecule has 204 valence electrons. The fourth-order valence-electron chi connectivity index (χ4n) is 4.12. The van der Waals surface area contributed by atoms with Gasteiger partial charge in [0.1, 0.15) is 6.04 Å². The fourth-order valence-corrected chi connectivity index (χ4v) is 5.26. The summed E-state index contributed by atoms with van der Waals surface area (Å²) in [5.74, 6) is -0.100. The molecule has 37 heavy (non-hydrogen) atoms. The van der Waals surface area contributed by atoms with Gasteiger partial charge in [0.2, 0.25) is 21.8 Å². The SMILES string of the molecule is CC[C@H](C(=O)NCC(C)C)N(Cc1ccc(Cl)cc1)C(=O)CCCN(c1cccc(C)c1C)S(C)(=O)=O. The molecule has 1 N–H and O–H groups in total. The molecule has 2 rings (SSSR count). The Morgan fingerprint density at radius 1 is 1.05 bits per heavy atom. The van der Waals surface area contributed by atoms with E-state index in [-0.39, 0.29) is 37.2 Å². The highest BCUT2D eigenvalue weighted by Gasteiger charge is 2.29. The van der Waals surface area contributed by atoms with Gasteiger partial charge in [0.25, 0.3) is 0 Å². The van der Waals surface area contributed by atoms with Crippen molar-refractivity contribution in [2.24, 2.45) is 5.92 Å². The van der Waals surface area contributed by atoms with E-state index in [0.717, 1.165) is 16.7 Å². The Morgan fingerprint density at radius 3 is 2.27 bits per heavy atom. The third kappa shape index (κ3) is 9.04. The van der Waals surface area contributed by atoms with E-state index < -0.39 is 16.1 Å². The van der Waals surface area contributed by atoms with E-state index in [1.54, 1.807) is 23.1 Å². The van der Waals surface area contributed by atoms with Crippen molar-refractivity contribution in [2.45, 2.75) is 66.5 Å². The number of hydrogen-bond donors (Lipinski definition) is 1. The van der Waals surface area contributed by atoms with Gasteiger partial charge in [0.05, 0.1) is 11.9 Å². The van der Waals surface area contributed by atoms with Crippen molar-refractivity contribution in [3.63, 3.8) is 0 Å². The van der Waals surface area contributed by atoms with Crippen LogP contribution in [0.4, 0.5) is 5.69 Å². The van der Waals surface area contributed by atoms with Crippen molar-refractivity contribution < 1.29 is 18.0 Å². The number of halogens is 1. The van der Waals surface area contributed by atoms with Crippen molar-refractivity contribution in [1.29, 1.82) is 0 Å². The number of nitrogens with one attached hydrogen (secondary N) is 1. The van der Waals surface area contributed by atoms with Crippen molar-refractivity contribution in [3.8, 4) is 0 Å². The fraction of sp³-hybridized carbons (Fsp3) is 0.500. The highest BCUT2D eigenvalue weighted by molar-refractivity contribution is 7.92. The van der Waals surface area contributed by atoms with E-state index in [1.165, 1.54) is 10.6 Å². The quantitative estimate of drug-likeness (QED) is 0.377. The maximum absolute atomic E-state index is 13.5. The maximum Gasteiger partial charge on any atom is 0.242 e. The molecule has 0 fully saturated rings. The Morgan fingerprint density at radius 2 is 1.70 bits per heavy atom. The van der Waals surface area contributed by atoms with Gasteiger partial charge in [-0.2, -0.15) is 0 Å². The van der Waals surface area contributed by atoms with E-state index >= 15 is 0 Å². The van der Waals surface area contributed by atoms with Crippen LogP contribution in [0.2, 0.25) is 5.02 Å². The molecule has 2 amide bonds. The van der Waals surface area contributed by atoms with Gasteiger partial charge >= 0.3 is 0 Å². The topological polar surface area (TPSA) is 86.8 Å². The zero-order valence-corrected chi connectivity index (χ0v) is 24.3. The smallest absolute Gasteiger partial charge is 0.242 e. The lowest BCUT2D eigenvalue weighted by molar-refractivity contribution is -0.141. The highest BCUT2D eigenvalue weighted by Crippen LogP contribution is 2.25. The van der Waals surface area contributed by atoms with Crippen LogP contribution < -0.4 is 9.62 Å². The Hall–Kier alpha value is -2.58. The molecule has 9 heteroatoms. The van der Waals surface area contributed by atoms with Gasteiger partial charge in [-0.15, -0.1) is 0 Å². The molecule has 0 spiro atoms. The molecule has 0 heterocycles. The largest absolute Gasteiger partial charge is 0.354 e. The Bertz CT molecular complexity index is 1170. The van der Waals surface area contributed by atoms with Crippen molar-refractivity contribution in [3.05, 3.63) is 64.2 Å². The summed E-state index contributed by atoms with van der Waals surface area (Å²) in [5, 5.41) is 3.54. The molecule has 1 atom stereocenters. The maximum atomic E-state index is 13.5. The molecule has 0 aliphatic heterocycles. The number of sulfonamides is 1. The summed E-state index contributed by atoms with van der Waals surface area (Å²) in [6.07, 6.45) is 2.07. The van der Waals surface area contributed by atoms with Crippen LogP contribution in [-0.4, -0.2) is 50.5 Å². The van der Waals surface area contributed by atoms with Crippen LogP contribution in [0.15, 0.2) is 42.5 Å². The first-order valence-electron chi connectivity index (χ1n) is 12.7. The predicted octanol–water partition coefficient (Wildman–Crippen LogP) is 5.08. The molecule has 0 aromatic heterocycles. The molecule has 2 aromatic carbocycles. The molecule has 0 saturated carbocycles. The summed E-state index contributed by atoms with van der Waals surface area (Å²) in [4.78, 5) is 28.1. The molecule has 0 aliphatic carbocycles. The molecule has 0 radical (unpaired) electrons. The van der Waals surface area contributed by atoms with E-state index in [2.05, 4.69) is 5.32 Å². The summed E-state index contributed by atoms with van der Waals surface area (Å²) >= 11 is 6.03. The lowest BCUT2D eigenvalue weighted by Gasteiger charge is -2.31. The molecule has 7 nitrogen and oxygen atoms in total. The summed E-state index contributed by atoms with van der Waals surface area (Å²) in [5.41, 5.74) is 3.36. The first-order chi connectivity index (χ1) is 17.3. The minimum Gasteiger partial charge on any atom is -0.354 e. The molecular weight excluding hydrogens is 510 g/mol. The highest BCUT2D eigenvalue weighted by atomic mass is 35.5. The van der Waals surface area contributed by atoms with Gasteiger partial charge in [-0.1, -0.05) is 56.6 Å². The predicted molar refractivity (Wildman–Crippen MR) is 151 cm³/mol. The second-order valence-electron chi connectivity index (χ2n) is 9.87. The normalized spacial score (nSPS) is 12.3. The number of rotatable bonds is 13. The van der Waals surface area contributed by atoms with E-state index in [1.807, 2.05) is 58.9 Å². The van der Waals surface area contributed by atoms with Crippen molar-refractivity contribution >= 4 is 39.1 Å². The van der Waals surface area contributed by atoms with E-state index in [4.69, 9.17) is 11.6 Å². The van der Waals surface area contributed by atoms with Gasteiger partial charge in [-0.05, 0) is 67.5 Å². The van der Waals surface area contributed by atoms with Gasteiger partial charge in [0, 0.05) is 31.1 Å². The number of carbonyl (C=O) groups excluding carboxylic acids is 2. The second kappa shape index (κ2) is 13.8. The molecule has 0 aliphatic rings. The Balaban J connectivity index is 2.24. The number of nitrogens with zero attached hydrogens (tertiary/aromatic N) is 2. The van der Waals surface area contributed by atoms with E-state index in [0.29, 0.717) is 30.1 Å². The number of hydrogen-bond acceptors (Lipinski definition) is 4. The zero-order valence-electron chi connectivity index (χ0n) is 22.8. The van der Waals surface area contributed by atoms with Gasteiger partial charge in [-0.25, -0.2) is 8.42 Å². The molecule has 0 saturated heterocycles. The number of amides is 2. The lowest BCUT2D eigenvalue weighted by atomic mass is 10.1. The summed E-state index contributed by atoms with van der Waals surface area (Å²) in [6, 6.07) is 12.1. The Kier molecular flexibility index (Phi) is 11.4. The molecule has 0 unspecified atom stereocenters. The third-order valence-corrected chi connectivity index (χ3v) is 7.77. The third-order valence-electron chi connectivity index (χ3n) is 6.33. The van der Waals surface area contributed by atoms with Crippen LogP contribution in [0.1, 0.15) is 56.7 Å². The number of aryl methyl sites for hydroxylation is 1. The summed E-state index contributed by atoms with van der Waals surface area (Å²) < 4.78 is 26.6. The van der Waals surface area contributed by atoms with Crippen LogP contribution in [0, 0.1) is 19.8 Å². The molecule has 2 aromatic rings. The summed E-state index contributed by atoms with van der Waals surface area (Å²) in [6.45, 7) is 10.7. The first-order valence-corrected chi connectivity index (χ1v) is 14.9. The minimum absolute atomic E-state index is 0.110. The van der Waals surface area contributed by atoms with Crippen LogP contribution >= 0.6 is 11.6 Å². The van der Waals surface area contributed by atoms with Crippen molar-refractivity contribution in [2.75, 3.05) is 23.7 Å². The van der Waals surface area contributed by atoms with Crippen LogP contribution in [0.25, 0.3) is 0 Å².